The number of aliphatic hydroxyl groups excluding tert-OH is 3. The SMILES string of the molecule is C=C[C@H]1C[C@@H](O)[C@H]2[C@@H]3CC[C@H]4[C@@H](O)[C@@H](O)[C@@H](OS(=O)(=O)[O-])C[C@]4(C)[C@H]3CC[C@@]21C.[Na+]. The molecule has 4 fully saturated rings. The average molecular weight is 453 g/mol. The van der Waals surface area contributed by atoms with Crippen LogP contribution in [0.1, 0.15) is 52.4 Å². The molecule has 4 aliphatic rings. The first-order valence-electron chi connectivity index (χ1n) is 10.7. The fraction of sp³-hybridized carbons (Fsp3) is 0.905. The minimum absolute atomic E-state index is 0. The van der Waals surface area contributed by atoms with Crippen LogP contribution >= 0.6 is 0 Å². The minimum Gasteiger partial charge on any atom is -0.726 e. The van der Waals surface area contributed by atoms with Crippen LogP contribution in [0.15, 0.2) is 12.7 Å². The van der Waals surface area contributed by atoms with E-state index in [0.717, 1.165) is 25.7 Å². The van der Waals surface area contributed by atoms with Gasteiger partial charge in [0.2, 0.25) is 10.4 Å². The number of aliphatic hydroxyl groups is 3. The van der Waals surface area contributed by atoms with E-state index in [9.17, 15) is 28.3 Å². The summed E-state index contributed by atoms with van der Waals surface area (Å²) in [6.07, 6.45) is 2.12. The van der Waals surface area contributed by atoms with E-state index in [-0.39, 0.29) is 71.0 Å². The molecule has 0 spiro atoms. The van der Waals surface area contributed by atoms with Crippen molar-refractivity contribution in [3.05, 3.63) is 12.7 Å². The topological polar surface area (TPSA) is 127 Å². The van der Waals surface area contributed by atoms with E-state index in [0.29, 0.717) is 6.42 Å². The second kappa shape index (κ2) is 8.37. The van der Waals surface area contributed by atoms with E-state index in [1.807, 2.05) is 13.0 Å². The molecule has 0 unspecified atom stereocenters. The summed E-state index contributed by atoms with van der Waals surface area (Å²) in [4.78, 5) is 0. The molecule has 166 valence electrons. The Morgan fingerprint density at radius 1 is 1.07 bits per heavy atom. The van der Waals surface area contributed by atoms with Crippen LogP contribution in [0.25, 0.3) is 0 Å². The maximum atomic E-state index is 11.2. The summed E-state index contributed by atoms with van der Waals surface area (Å²) >= 11 is 0. The van der Waals surface area contributed by atoms with Gasteiger partial charge >= 0.3 is 29.6 Å². The Kier molecular flexibility index (Phi) is 7.00. The Morgan fingerprint density at radius 3 is 2.33 bits per heavy atom. The molecule has 0 amide bonds. The third kappa shape index (κ3) is 3.78. The first-order valence-corrected chi connectivity index (χ1v) is 12.1. The monoisotopic (exact) mass is 452 g/mol. The van der Waals surface area contributed by atoms with Gasteiger partial charge in [-0.05, 0) is 78.9 Å². The zero-order chi connectivity index (χ0) is 21.4. The van der Waals surface area contributed by atoms with E-state index in [1.165, 1.54) is 0 Å². The first-order chi connectivity index (χ1) is 13.4. The quantitative estimate of drug-likeness (QED) is 0.208. The van der Waals surface area contributed by atoms with Crippen molar-refractivity contribution >= 4 is 10.4 Å². The molecule has 0 aromatic rings. The molecule has 0 aromatic carbocycles. The van der Waals surface area contributed by atoms with Crippen LogP contribution in [0, 0.1) is 40.4 Å². The van der Waals surface area contributed by atoms with Crippen LogP contribution in [0.5, 0.6) is 0 Å². The van der Waals surface area contributed by atoms with Gasteiger partial charge in [-0.2, -0.15) is 0 Å². The van der Waals surface area contributed by atoms with Crippen molar-refractivity contribution in [3.63, 3.8) is 0 Å². The molecule has 0 aromatic heterocycles. The molecule has 0 aliphatic heterocycles. The molecule has 30 heavy (non-hydrogen) atoms. The van der Waals surface area contributed by atoms with Crippen molar-refractivity contribution in [1.29, 1.82) is 0 Å². The Balaban J connectivity index is 0.00000256. The van der Waals surface area contributed by atoms with Crippen LogP contribution < -0.4 is 29.6 Å². The fourth-order valence-electron chi connectivity index (χ4n) is 8.08. The maximum Gasteiger partial charge on any atom is 1.00 e. The zero-order valence-corrected chi connectivity index (χ0v) is 20.9. The summed E-state index contributed by atoms with van der Waals surface area (Å²) in [7, 11) is -4.99. The van der Waals surface area contributed by atoms with Crippen LogP contribution in [-0.4, -0.2) is 52.7 Å². The Hall–Kier alpha value is 0.490. The average Bonchev–Trinajstić information content (AvgIpc) is 2.88. The van der Waals surface area contributed by atoms with E-state index in [1.54, 1.807) is 0 Å². The molecule has 0 bridgehead atoms. The van der Waals surface area contributed by atoms with Gasteiger partial charge < -0.3 is 19.9 Å². The van der Waals surface area contributed by atoms with Crippen molar-refractivity contribution in [2.75, 3.05) is 0 Å². The molecule has 4 rings (SSSR count). The largest absolute Gasteiger partial charge is 1.00 e. The van der Waals surface area contributed by atoms with Crippen LogP contribution in [0.2, 0.25) is 0 Å². The zero-order valence-electron chi connectivity index (χ0n) is 18.1. The number of hydrogen-bond donors (Lipinski definition) is 3. The number of hydrogen-bond acceptors (Lipinski definition) is 7. The molecule has 7 nitrogen and oxygen atoms in total. The van der Waals surface area contributed by atoms with Crippen LogP contribution in [0.3, 0.4) is 0 Å². The van der Waals surface area contributed by atoms with Crippen LogP contribution in [-0.2, 0) is 14.6 Å². The smallest absolute Gasteiger partial charge is 0.726 e. The van der Waals surface area contributed by atoms with E-state index in [4.69, 9.17) is 0 Å². The Morgan fingerprint density at radius 2 is 1.73 bits per heavy atom. The maximum absolute atomic E-state index is 11.2. The summed E-state index contributed by atoms with van der Waals surface area (Å²) in [6.45, 7) is 8.27. The van der Waals surface area contributed by atoms with Crippen molar-refractivity contribution in [2.24, 2.45) is 40.4 Å². The van der Waals surface area contributed by atoms with E-state index >= 15 is 0 Å². The van der Waals surface area contributed by atoms with Gasteiger partial charge in [-0.25, -0.2) is 8.42 Å². The molecular weight excluding hydrogens is 419 g/mol. The molecule has 4 aliphatic carbocycles. The van der Waals surface area contributed by atoms with Crippen LogP contribution in [0.4, 0.5) is 0 Å². The molecule has 3 N–H and O–H groups in total. The Bertz CT molecular complexity index is 775. The van der Waals surface area contributed by atoms with Gasteiger partial charge in [0, 0.05) is 0 Å². The van der Waals surface area contributed by atoms with Crippen molar-refractivity contribution in [1.82, 2.24) is 0 Å². The number of fused-ring (bicyclic) bond motifs is 5. The summed E-state index contributed by atoms with van der Waals surface area (Å²) in [6, 6.07) is 0. The van der Waals surface area contributed by atoms with Gasteiger partial charge in [-0.3, -0.25) is 4.18 Å². The summed E-state index contributed by atoms with van der Waals surface area (Å²) in [5, 5.41) is 32.1. The van der Waals surface area contributed by atoms with Gasteiger partial charge in [0.15, 0.2) is 0 Å². The second-order valence-corrected chi connectivity index (χ2v) is 11.4. The molecule has 0 heterocycles. The van der Waals surface area contributed by atoms with Crippen molar-refractivity contribution in [3.8, 4) is 0 Å². The van der Waals surface area contributed by atoms with E-state index in [2.05, 4.69) is 17.7 Å². The third-order valence-corrected chi connectivity index (χ3v) is 9.79. The standard InChI is InChI=1S/C21H34O7S.Na/c1-4-11-9-15(22)17-12-5-6-14-18(23)19(24)16(28-29(25,26)27)10-21(14,3)13(12)7-8-20(11,17)2;/h4,11-19,22-24H,1,5-10H2,2-3H3,(H,25,26,27);/q;+1/p-1/t11-,12+,13-,14-,15+,16-,17+,18+,19-,20+,21+;/m0./s1. The molecule has 0 saturated heterocycles. The number of rotatable bonds is 3. The van der Waals surface area contributed by atoms with E-state index < -0.39 is 40.2 Å². The summed E-state index contributed by atoms with van der Waals surface area (Å²) in [5.74, 6) is 0.635. The normalized spacial score (nSPS) is 53.1. The van der Waals surface area contributed by atoms with Gasteiger partial charge in [0.05, 0.1) is 12.2 Å². The third-order valence-electron chi connectivity index (χ3n) is 9.31. The summed E-state index contributed by atoms with van der Waals surface area (Å²) in [5.41, 5.74) is -0.475. The molecule has 11 atom stereocenters. The second-order valence-electron chi connectivity index (χ2n) is 10.4. The van der Waals surface area contributed by atoms with Gasteiger partial charge in [0.1, 0.15) is 12.2 Å². The molecule has 0 radical (unpaired) electrons. The summed E-state index contributed by atoms with van der Waals surface area (Å²) < 4.78 is 38.2. The minimum atomic E-state index is -4.99. The van der Waals surface area contributed by atoms with Crippen molar-refractivity contribution in [2.45, 2.75) is 76.8 Å². The van der Waals surface area contributed by atoms with Gasteiger partial charge in [0.25, 0.3) is 0 Å². The van der Waals surface area contributed by atoms with Gasteiger partial charge in [-0.1, -0.05) is 19.9 Å². The predicted molar refractivity (Wildman–Crippen MR) is 104 cm³/mol. The predicted octanol–water partition coefficient (Wildman–Crippen LogP) is -1.41. The first kappa shape index (κ1) is 25.1. The number of allylic oxidation sites excluding steroid dienone is 1. The molecular formula is C21H33NaO7S. The Labute approximate surface area is 201 Å². The van der Waals surface area contributed by atoms with Gasteiger partial charge in [-0.15, -0.1) is 6.58 Å². The van der Waals surface area contributed by atoms with Crippen molar-refractivity contribution < 1.29 is 62.0 Å². The fourth-order valence-corrected chi connectivity index (χ4v) is 8.56. The molecule has 4 saturated carbocycles. The molecule has 9 heteroatoms.